The van der Waals surface area contributed by atoms with Gasteiger partial charge in [-0.05, 0) is 31.5 Å². The van der Waals surface area contributed by atoms with E-state index < -0.39 is 5.91 Å². The Hall–Kier alpha value is -1.59. The molecule has 1 aromatic rings. The molecule has 1 rings (SSSR count). The summed E-state index contributed by atoms with van der Waals surface area (Å²) in [6, 6.07) is 7.65. The molecule has 0 saturated heterocycles. The molecular weight excluding hydrogens is 220 g/mol. The van der Waals surface area contributed by atoms with Gasteiger partial charge in [0, 0.05) is 6.54 Å². The number of hydroxylamine groups is 1. The van der Waals surface area contributed by atoms with Crippen molar-refractivity contribution in [3.05, 3.63) is 29.8 Å². The quantitative estimate of drug-likeness (QED) is 0.548. The lowest BCUT2D eigenvalue weighted by atomic mass is 10.2. The van der Waals surface area contributed by atoms with E-state index in [1.165, 1.54) is 0 Å². The van der Waals surface area contributed by atoms with E-state index in [0.29, 0.717) is 6.54 Å². The van der Waals surface area contributed by atoms with Crippen molar-refractivity contribution in [2.75, 3.05) is 6.61 Å². The van der Waals surface area contributed by atoms with Gasteiger partial charge in [0.05, 0.1) is 6.10 Å². The molecule has 0 heterocycles. The highest BCUT2D eigenvalue weighted by Gasteiger charge is 1.98. The summed E-state index contributed by atoms with van der Waals surface area (Å²) in [6.45, 7) is 4.34. The van der Waals surface area contributed by atoms with Gasteiger partial charge in [-0.1, -0.05) is 12.1 Å². The van der Waals surface area contributed by atoms with E-state index in [-0.39, 0.29) is 12.7 Å². The Bertz CT molecular complexity index is 349. The highest BCUT2D eigenvalue weighted by atomic mass is 16.6. The lowest BCUT2D eigenvalue weighted by molar-refractivity contribution is -0.125. The van der Waals surface area contributed by atoms with Gasteiger partial charge in [-0.15, -0.1) is 0 Å². The fraction of sp³-hybridized carbons (Fsp3) is 0.417. The molecular formula is C12H18N2O3. The van der Waals surface area contributed by atoms with Crippen molar-refractivity contribution in [2.45, 2.75) is 26.5 Å². The van der Waals surface area contributed by atoms with Crippen LogP contribution in [0.1, 0.15) is 19.4 Å². The summed E-state index contributed by atoms with van der Waals surface area (Å²) in [5.41, 5.74) is 8.60. The molecule has 3 N–H and O–H groups in total. The molecule has 1 amide bonds. The predicted molar refractivity (Wildman–Crippen MR) is 64.2 cm³/mol. The second kappa shape index (κ2) is 6.88. The molecule has 5 heteroatoms. The summed E-state index contributed by atoms with van der Waals surface area (Å²) >= 11 is 0. The third kappa shape index (κ3) is 5.89. The largest absolute Gasteiger partial charge is 0.491 e. The summed E-state index contributed by atoms with van der Waals surface area (Å²) in [4.78, 5) is 15.2. The number of nitrogens with two attached hydrogens (primary N) is 1. The van der Waals surface area contributed by atoms with Crippen molar-refractivity contribution < 1.29 is 14.4 Å². The Morgan fingerprint density at radius 2 is 2.00 bits per heavy atom. The minimum Gasteiger partial charge on any atom is -0.491 e. The molecule has 94 valence electrons. The first-order valence-corrected chi connectivity index (χ1v) is 5.46. The van der Waals surface area contributed by atoms with E-state index in [1.807, 2.05) is 38.1 Å². The Balaban J connectivity index is 2.32. The fourth-order valence-corrected chi connectivity index (χ4v) is 1.21. The molecule has 0 atom stereocenters. The van der Waals surface area contributed by atoms with Gasteiger partial charge < -0.3 is 10.5 Å². The highest BCUT2D eigenvalue weighted by molar-refractivity contribution is 5.74. The van der Waals surface area contributed by atoms with E-state index in [0.717, 1.165) is 11.3 Å². The summed E-state index contributed by atoms with van der Waals surface area (Å²) in [5.74, 6) is 0.333. The minimum absolute atomic E-state index is 0.130. The third-order valence-electron chi connectivity index (χ3n) is 1.89. The van der Waals surface area contributed by atoms with Gasteiger partial charge in [0.25, 0.3) is 0 Å². The van der Waals surface area contributed by atoms with Gasteiger partial charge in [-0.2, -0.15) is 5.48 Å². The number of nitrogens with one attached hydrogen (secondary N) is 1. The standard InChI is InChI=1S/C12H18N2O3/c1-9(2)17-11-5-3-10(4-6-11)7-14-16-8-12(13)15/h3-6,9,14H,7-8H2,1-2H3,(H2,13,15). The zero-order valence-corrected chi connectivity index (χ0v) is 10.1. The number of carbonyl (C=O) groups excluding carboxylic acids is 1. The monoisotopic (exact) mass is 238 g/mol. The van der Waals surface area contributed by atoms with Crippen LogP contribution >= 0.6 is 0 Å². The number of primary amides is 1. The van der Waals surface area contributed by atoms with Crippen molar-refractivity contribution >= 4 is 5.91 Å². The number of ether oxygens (including phenoxy) is 1. The zero-order valence-electron chi connectivity index (χ0n) is 10.1. The molecule has 0 aromatic heterocycles. The number of rotatable bonds is 7. The van der Waals surface area contributed by atoms with Crippen LogP contribution in [0.2, 0.25) is 0 Å². The molecule has 5 nitrogen and oxygen atoms in total. The Morgan fingerprint density at radius 1 is 1.35 bits per heavy atom. The van der Waals surface area contributed by atoms with Crippen LogP contribution in [0.4, 0.5) is 0 Å². The van der Waals surface area contributed by atoms with E-state index in [1.54, 1.807) is 0 Å². The third-order valence-corrected chi connectivity index (χ3v) is 1.89. The second-order valence-corrected chi connectivity index (χ2v) is 3.89. The van der Waals surface area contributed by atoms with Crippen LogP contribution in [-0.4, -0.2) is 18.6 Å². The van der Waals surface area contributed by atoms with E-state index in [2.05, 4.69) is 5.48 Å². The molecule has 0 aliphatic carbocycles. The molecule has 0 bridgehead atoms. The van der Waals surface area contributed by atoms with Crippen molar-refractivity contribution in [2.24, 2.45) is 5.73 Å². The van der Waals surface area contributed by atoms with E-state index in [4.69, 9.17) is 15.3 Å². The summed E-state index contributed by atoms with van der Waals surface area (Å²) in [7, 11) is 0. The first-order chi connectivity index (χ1) is 8.08. The maximum Gasteiger partial charge on any atom is 0.245 e. The first kappa shape index (κ1) is 13.5. The molecule has 0 aliphatic rings. The number of hydrogen-bond acceptors (Lipinski definition) is 4. The average molecular weight is 238 g/mol. The van der Waals surface area contributed by atoms with Gasteiger partial charge in [0.2, 0.25) is 5.91 Å². The minimum atomic E-state index is -0.502. The summed E-state index contributed by atoms with van der Waals surface area (Å²) < 4.78 is 5.51. The first-order valence-electron chi connectivity index (χ1n) is 5.46. The number of amides is 1. The molecule has 1 aromatic carbocycles. The maximum absolute atomic E-state index is 10.4. The van der Waals surface area contributed by atoms with Gasteiger partial charge in [-0.25, -0.2) is 0 Å². The number of carbonyl (C=O) groups is 1. The highest BCUT2D eigenvalue weighted by Crippen LogP contribution is 2.13. The lowest BCUT2D eigenvalue weighted by Gasteiger charge is -2.10. The maximum atomic E-state index is 10.4. The average Bonchev–Trinajstić information content (AvgIpc) is 2.25. The summed E-state index contributed by atoms with van der Waals surface area (Å²) in [5, 5.41) is 0. The Morgan fingerprint density at radius 3 is 2.53 bits per heavy atom. The van der Waals surface area contributed by atoms with Crippen LogP contribution in [0, 0.1) is 0 Å². The molecule has 0 fully saturated rings. The topological polar surface area (TPSA) is 73.6 Å². The fourth-order valence-electron chi connectivity index (χ4n) is 1.21. The van der Waals surface area contributed by atoms with Crippen molar-refractivity contribution in [3.63, 3.8) is 0 Å². The van der Waals surface area contributed by atoms with Crippen LogP contribution < -0.4 is 16.0 Å². The normalized spacial score (nSPS) is 10.5. The Kier molecular flexibility index (Phi) is 5.45. The van der Waals surface area contributed by atoms with Crippen LogP contribution in [0.3, 0.4) is 0 Å². The van der Waals surface area contributed by atoms with Gasteiger partial charge in [0.1, 0.15) is 12.4 Å². The molecule has 0 spiro atoms. The summed E-state index contributed by atoms with van der Waals surface area (Å²) in [6.07, 6.45) is 0.165. The van der Waals surface area contributed by atoms with Gasteiger partial charge >= 0.3 is 0 Å². The molecule has 0 saturated carbocycles. The molecule has 0 aliphatic heterocycles. The molecule has 17 heavy (non-hydrogen) atoms. The van der Waals surface area contributed by atoms with Crippen LogP contribution in [-0.2, 0) is 16.2 Å². The predicted octanol–water partition coefficient (Wildman–Crippen LogP) is 0.980. The molecule has 0 radical (unpaired) electrons. The van der Waals surface area contributed by atoms with Crippen LogP contribution in [0.5, 0.6) is 5.75 Å². The van der Waals surface area contributed by atoms with Crippen LogP contribution in [0.15, 0.2) is 24.3 Å². The Labute approximate surface area is 101 Å². The van der Waals surface area contributed by atoms with Crippen molar-refractivity contribution in [3.8, 4) is 5.75 Å². The van der Waals surface area contributed by atoms with E-state index in [9.17, 15) is 4.79 Å². The van der Waals surface area contributed by atoms with Crippen molar-refractivity contribution in [1.82, 2.24) is 5.48 Å². The number of benzene rings is 1. The SMILES string of the molecule is CC(C)Oc1ccc(CNOCC(N)=O)cc1. The van der Waals surface area contributed by atoms with Gasteiger partial charge in [0.15, 0.2) is 0 Å². The van der Waals surface area contributed by atoms with E-state index >= 15 is 0 Å². The van der Waals surface area contributed by atoms with Gasteiger partial charge in [-0.3, -0.25) is 9.63 Å². The zero-order chi connectivity index (χ0) is 12.7. The lowest BCUT2D eigenvalue weighted by Crippen LogP contribution is -2.24. The second-order valence-electron chi connectivity index (χ2n) is 3.89. The van der Waals surface area contributed by atoms with Crippen LogP contribution in [0.25, 0.3) is 0 Å². The smallest absolute Gasteiger partial charge is 0.245 e. The van der Waals surface area contributed by atoms with Crippen molar-refractivity contribution in [1.29, 1.82) is 0 Å². The molecule has 0 unspecified atom stereocenters. The number of hydrogen-bond donors (Lipinski definition) is 2.